The third-order valence-corrected chi connectivity index (χ3v) is 6.13. The van der Waals surface area contributed by atoms with Crippen molar-refractivity contribution in [2.75, 3.05) is 43.6 Å². The molecule has 166 valence electrons. The number of aromatic nitrogens is 3. The largest absolute Gasteiger partial charge is 0.381 e. The number of fused-ring (bicyclic) bond motifs is 2. The van der Waals surface area contributed by atoms with Gasteiger partial charge in [-0.2, -0.15) is 0 Å². The molecule has 1 fully saturated rings. The molecule has 3 aromatic rings. The maximum Gasteiger partial charge on any atom is 0.255 e. The highest BCUT2D eigenvalue weighted by Gasteiger charge is 2.29. The van der Waals surface area contributed by atoms with E-state index in [2.05, 4.69) is 15.3 Å². The number of nitrogens with zero attached hydrogens (tertiary/aromatic N) is 5. The number of amides is 2. The van der Waals surface area contributed by atoms with Crippen LogP contribution in [0, 0.1) is 5.92 Å². The number of hydrogen-bond donors (Lipinski definition) is 1. The molecule has 0 radical (unpaired) electrons. The van der Waals surface area contributed by atoms with Gasteiger partial charge in [-0.1, -0.05) is 6.07 Å². The van der Waals surface area contributed by atoms with Gasteiger partial charge in [0.05, 0.1) is 36.2 Å². The van der Waals surface area contributed by atoms with E-state index in [-0.39, 0.29) is 18.4 Å². The number of carbonyl (C=O) groups is 2. The average molecular weight is 435 g/mol. The van der Waals surface area contributed by atoms with Crippen molar-refractivity contribution in [3.63, 3.8) is 0 Å². The van der Waals surface area contributed by atoms with Crippen LogP contribution in [0.4, 0.5) is 11.5 Å². The van der Waals surface area contributed by atoms with E-state index in [1.807, 2.05) is 28.8 Å². The van der Waals surface area contributed by atoms with Crippen molar-refractivity contribution in [2.24, 2.45) is 5.92 Å². The number of pyridine rings is 2. The highest BCUT2D eigenvalue weighted by molar-refractivity contribution is 6.04. The molecule has 5 heterocycles. The van der Waals surface area contributed by atoms with Crippen LogP contribution in [-0.4, -0.2) is 64.4 Å². The Kier molecular flexibility index (Phi) is 5.48. The summed E-state index contributed by atoms with van der Waals surface area (Å²) in [5, 5.41) is 3.07. The number of imidazole rings is 1. The Hall–Kier alpha value is -3.46. The zero-order valence-electron chi connectivity index (χ0n) is 18.0. The normalized spacial score (nSPS) is 16.7. The molecular weight excluding hydrogens is 408 g/mol. The van der Waals surface area contributed by atoms with Crippen molar-refractivity contribution in [3.05, 3.63) is 54.1 Å². The zero-order chi connectivity index (χ0) is 22.1. The highest BCUT2D eigenvalue weighted by atomic mass is 16.5. The quantitative estimate of drug-likeness (QED) is 0.662. The lowest BCUT2D eigenvalue weighted by Gasteiger charge is -2.34. The number of nitrogens with one attached hydrogen (secondary N) is 1. The summed E-state index contributed by atoms with van der Waals surface area (Å²) in [6.45, 7) is 2.69. The summed E-state index contributed by atoms with van der Waals surface area (Å²) < 4.78 is 7.41. The Bertz CT molecular complexity index is 1150. The Balaban J connectivity index is 1.37. The summed E-state index contributed by atoms with van der Waals surface area (Å²) in [7, 11) is 1.76. The summed E-state index contributed by atoms with van der Waals surface area (Å²) >= 11 is 0. The second kappa shape index (κ2) is 8.58. The number of rotatable bonds is 5. The number of carbonyl (C=O) groups excluding carboxylic acids is 2. The summed E-state index contributed by atoms with van der Waals surface area (Å²) in [6, 6.07) is 7.57. The van der Waals surface area contributed by atoms with Gasteiger partial charge in [0.25, 0.3) is 5.91 Å². The molecule has 1 N–H and O–H groups in total. The lowest BCUT2D eigenvalue weighted by molar-refractivity contribution is -0.117. The van der Waals surface area contributed by atoms with Crippen molar-refractivity contribution in [3.8, 4) is 0 Å². The maximum absolute atomic E-state index is 13.2. The Morgan fingerprint density at radius 2 is 2.09 bits per heavy atom. The average Bonchev–Trinajstić information content (AvgIpc) is 3.23. The molecule has 9 heteroatoms. The molecule has 2 amide bonds. The first-order chi connectivity index (χ1) is 15.6. The first-order valence-electron chi connectivity index (χ1n) is 10.9. The van der Waals surface area contributed by atoms with Gasteiger partial charge in [0.2, 0.25) is 5.91 Å². The molecule has 2 aliphatic rings. The van der Waals surface area contributed by atoms with Crippen LogP contribution in [0.1, 0.15) is 28.9 Å². The highest BCUT2D eigenvalue weighted by Crippen LogP contribution is 2.31. The van der Waals surface area contributed by atoms with Crippen LogP contribution in [0.5, 0.6) is 0 Å². The van der Waals surface area contributed by atoms with E-state index >= 15 is 0 Å². The van der Waals surface area contributed by atoms with Gasteiger partial charge in [0.15, 0.2) is 0 Å². The van der Waals surface area contributed by atoms with Crippen LogP contribution < -0.4 is 10.2 Å². The van der Waals surface area contributed by atoms with E-state index in [4.69, 9.17) is 4.74 Å². The van der Waals surface area contributed by atoms with Gasteiger partial charge >= 0.3 is 0 Å². The fourth-order valence-electron chi connectivity index (χ4n) is 4.33. The smallest absolute Gasteiger partial charge is 0.255 e. The van der Waals surface area contributed by atoms with Crippen LogP contribution in [0.15, 0.2) is 42.9 Å². The van der Waals surface area contributed by atoms with Crippen LogP contribution in [-0.2, 0) is 16.1 Å². The van der Waals surface area contributed by atoms with Gasteiger partial charge < -0.3 is 24.3 Å². The van der Waals surface area contributed by atoms with Crippen molar-refractivity contribution in [2.45, 2.75) is 19.4 Å². The number of hydrogen-bond acceptors (Lipinski definition) is 6. The first kappa shape index (κ1) is 20.4. The monoisotopic (exact) mass is 434 g/mol. The van der Waals surface area contributed by atoms with Crippen molar-refractivity contribution < 1.29 is 14.3 Å². The molecule has 0 atom stereocenters. The lowest BCUT2D eigenvalue weighted by Crippen LogP contribution is -2.44. The van der Waals surface area contributed by atoms with Gasteiger partial charge in [0.1, 0.15) is 11.5 Å². The summed E-state index contributed by atoms with van der Waals surface area (Å²) in [4.78, 5) is 38.1. The SMILES string of the molecule is CN(Cc1cnc2ccccn12)C(=O)c1cnc2c(c1)N(CC1CCOCC1)C(=O)CN2. The van der Waals surface area contributed by atoms with Crippen molar-refractivity contribution in [1.29, 1.82) is 0 Å². The van der Waals surface area contributed by atoms with E-state index in [0.717, 1.165) is 37.4 Å². The van der Waals surface area contributed by atoms with Crippen LogP contribution >= 0.6 is 0 Å². The third kappa shape index (κ3) is 3.91. The Labute approximate surface area is 186 Å². The van der Waals surface area contributed by atoms with E-state index in [9.17, 15) is 9.59 Å². The molecule has 2 aliphatic heterocycles. The van der Waals surface area contributed by atoms with Gasteiger partial charge in [-0.25, -0.2) is 9.97 Å². The molecule has 0 saturated carbocycles. The minimum atomic E-state index is -0.157. The van der Waals surface area contributed by atoms with Gasteiger partial charge in [-0.15, -0.1) is 0 Å². The van der Waals surface area contributed by atoms with Gasteiger partial charge in [0, 0.05) is 39.2 Å². The first-order valence-corrected chi connectivity index (χ1v) is 10.9. The summed E-state index contributed by atoms with van der Waals surface area (Å²) in [5.74, 6) is 0.859. The molecule has 9 nitrogen and oxygen atoms in total. The molecule has 0 aliphatic carbocycles. The second-order valence-electron chi connectivity index (χ2n) is 8.34. The minimum absolute atomic E-state index is 0.00512. The van der Waals surface area contributed by atoms with E-state index in [1.54, 1.807) is 35.3 Å². The summed E-state index contributed by atoms with van der Waals surface area (Å²) in [6.07, 6.45) is 7.15. The molecule has 3 aromatic heterocycles. The fraction of sp³-hybridized carbons (Fsp3) is 0.391. The van der Waals surface area contributed by atoms with Crippen LogP contribution in [0.3, 0.4) is 0 Å². The van der Waals surface area contributed by atoms with E-state index < -0.39 is 0 Å². The van der Waals surface area contributed by atoms with Crippen molar-refractivity contribution >= 4 is 29.0 Å². The molecular formula is C23H26N6O3. The van der Waals surface area contributed by atoms with Gasteiger partial charge in [-0.05, 0) is 37.0 Å². The topological polar surface area (TPSA) is 92.1 Å². The van der Waals surface area contributed by atoms with Crippen LogP contribution in [0.2, 0.25) is 0 Å². The molecule has 0 unspecified atom stereocenters. The summed E-state index contributed by atoms with van der Waals surface area (Å²) in [5.41, 5.74) is 2.88. The maximum atomic E-state index is 13.2. The Morgan fingerprint density at radius 3 is 2.94 bits per heavy atom. The second-order valence-corrected chi connectivity index (χ2v) is 8.34. The standard InChI is InChI=1S/C23H26N6O3/c1-27(15-18-12-24-20-4-2-3-7-28(18)20)23(31)17-10-19-22(25-11-17)26-13-21(30)29(19)14-16-5-8-32-9-6-16/h2-4,7,10-12,16H,5-6,8-9,13-15H2,1H3,(H,25,26). The predicted octanol–water partition coefficient (Wildman–Crippen LogP) is 2.19. The Morgan fingerprint density at radius 1 is 1.25 bits per heavy atom. The zero-order valence-corrected chi connectivity index (χ0v) is 18.0. The van der Waals surface area contributed by atoms with E-state index in [1.165, 1.54) is 0 Å². The molecule has 5 rings (SSSR count). The predicted molar refractivity (Wildman–Crippen MR) is 120 cm³/mol. The molecule has 0 bridgehead atoms. The number of ether oxygens (including phenoxy) is 1. The van der Waals surface area contributed by atoms with Crippen LogP contribution in [0.25, 0.3) is 5.65 Å². The minimum Gasteiger partial charge on any atom is -0.381 e. The lowest BCUT2D eigenvalue weighted by atomic mass is 9.99. The van der Waals surface area contributed by atoms with Crippen molar-refractivity contribution in [1.82, 2.24) is 19.3 Å². The molecule has 0 aromatic carbocycles. The molecule has 0 spiro atoms. The van der Waals surface area contributed by atoms with E-state index in [0.29, 0.717) is 36.1 Å². The molecule has 32 heavy (non-hydrogen) atoms. The fourth-order valence-corrected chi connectivity index (χ4v) is 4.33. The van der Waals surface area contributed by atoms with Gasteiger partial charge in [-0.3, -0.25) is 9.59 Å². The number of anilines is 2. The third-order valence-electron chi connectivity index (χ3n) is 6.13. The molecule has 1 saturated heterocycles.